The summed E-state index contributed by atoms with van der Waals surface area (Å²) in [6, 6.07) is 0. The summed E-state index contributed by atoms with van der Waals surface area (Å²) in [6.45, 7) is 3.29. The van der Waals surface area contributed by atoms with Crippen molar-refractivity contribution in [3.8, 4) is 0 Å². The van der Waals surface area contributed by atoms with Gasteiger partial charge >= 0.3 is 0 Å². The lowest BCUT2D eigenvalue weighted by Crippen LogP contribution is -2.40. The maximum Gasteiger partial charge on any atom is 0.251 e. The predicted octanol–water partition coefficient (Wildman–Crippen LogP) is -0.630. The Morgan fingerprint density at radius 3 is 2.93 bits per heavy atom. The summed E-state index contributed by atoms with van der Waals surface area (Å²) in [6.07, 6.45) is -0.0504. The van der Waals surface area contributed by atoms with E-state index in [1.807, 2.05) is 0 Å². The summed E-state index contributed by atoms with van der Waals surface area (Å²) in [7, 11) is 1.50. The van der Waals surface area contributed by atoms with Crippen LogP contribution in [0.2, 0.25) is 0 Å². The minimum absolute atomic E-state index is 0.00497. The van der Waals surface area contributed by atoms with Crippen molar-refractivity contribution in [2.75, 3.05) is 26.7 Å². The maximum absolute atomic E-state index is 11.7. The zero-order valence-electron chi connectivity index (χ0n) is 8.58. The molecule has 0 aromatic rings. The van der Waals surface area contributed by atoms with Crippen molar-refractivity contribution < 1.29 is 14.3 Å². The van der Waals surface area contributed by atoms with Gasteiger partial charge in [0.1, 0.15) is 6.10 Å². The Morgan fingerprint density at radius 1 is 1.57 bits per heavy atom. The first kappa shape index (κ1) is 11.0. The number of hydrogen-bond donors (Lipinski definition) is 1. The summed E-state index contributed by atoms with van der Waals surface area (Å²) < 4.78 is 4.94. The first-order valence-electron chi connectivity index (χ1n) is 4.73. The molecule has 1 aliphatic heterocycles. The molecule has 1 saturated heterocycles. The first-order chi connectivity index (χ1) is 6.65. The minimum atomic E-state index is -0.428. The van der Waals surface area contributed by atoms with E-state index in [1.54, 1.807) is 11.8 Å². The number of hydrogen-bond acceptors (Lipinski definition) is 3. The number of rotatable bonds is 2. The van der Waals surface area contributed by atoms with Crippen molar-refractivity contribution in [2.24, 2.45) is 0 Å². The number of amides is 2. The van der Waals surface area contributed by atoms with Crippen molar-refractivity contribution in [1.29, 1.82) is 0 Å². The Kier molecular flexibility index (Phi) is 3.88. The molecule has 0 saturated carbocycles. The van der Waals surface area contributed by atoms with Crippen LogP contribution >= 0.6 is 0 Å². The van der Waals surface area contributed by atoms with E-state index in [9.17, 15) is 9.59 Å². The number of nitrogens with one attached hydrogen (secondary N) is 1. The van der Waals surface area contributed by atoms with Crippen LogP contribution in [0.1, 0.15) is 13.3 Å². The van der Waals surface area contributed by atoms with Crippen LogP contribution in [0.4, 0.5) is 0 Å². The van der Waals surface area contributed by atoms with Crippen LogP contribution in [0, 0.1) is 0 Å². The molecule has 0 bridgehead atoms. The van der Waals surface area contributed by atoms with Gasteiger partial charge in [-0.2, -0.15) is 0 Å². The Balaban J connectivity index is 2.51. The SMILES string of the molecule is COC(C)C(=O)N1CCNC(=O)CC1. The van der Waals surface area contributed by atoms with Crippen molar-refractivity contribution >= 4 is 11.8 Å². The highest BCUT2D eigenvalue weighted by atomic mass is 16.5. The third kappa shape index (κ3) is 2.70. The highest BCUT2D eigenvalue weighted by Gasteiger charge is 2.22. The van der Waals surface area contributed by atoms with E-state index in [-0.39, 0.29) is 11.8 Å². The normalized spacial score (nSPS) is 19.9. The third-order valence-electron chi connectivity index (χ3n) is 2.33. The molecular formula is C9H16N2O3. The Labute approximate surface area is 83.4 Å². The quantitative estimate of drug-likeness (QED) is 0.645. The van der Waals surface area contributed by atoms with E-state index in [0.29, 0.717) is 26.1 Å². The summed E-state index contributed by atoms with van der Waals surface area (Å²) in [5.41, 5.74) is 0. The Morgan fingerprint density at radius 2 is 2.29 bits per heavy atom. The molecule has 80 valence electrons. The lowest BCUT2D eigenvalue weighted by Gasteiger charge is -2.22. The first-order valence-corrected chi connectivity index (χ1v) is 4.73. The highest BCUT2D eigenvalue weighted by Crippen LogP contribution is 2.01. The van der Waals surface area contributed by atoms with Crippen LogP contribution in [0.25, 0.3) is 0 Å². The van der Waals surface area contributed by atoms with Gasteiger partial charge in [0, 0.05) is 33.2 Å². The average Bonchev–Trinajstić information content (AvgIpc) is 2.40. The topological polar surface area (TPSA) is 58.6 Å². The van der Waals surface area contributed by atoms with Crippen LogP contribution in [-0.2, 0) is 14.3 Å². The molecule has 0 aliphatic carbocycles. The third-order valence-corrected chi connectivity index (χ3v) is 2.33. The number of ether oxygens (including phenoxy) is 1. The smallest absolute Gasteiger partial charge is 0.251 e. The van der Waals surface area contributed by atoms with E-state index in [1.165, 1.54) is 7.11 Å². The zero-order valence-corrected chi connectivity index (χ0v) is 8.58. The molecule has 0 radical (unpaired) electrons. The molecule has 14 heavy (non-hydrogen) atoms. The maximum atomic E-state index is 11.7. The predicted molar refractivity (Wildman–Crippen MR) is 50.7 cm³/mol. The van der Waals surface area contributed by atoms with Gasteiger partial charge in [0.15, 0.2) is 0 Å². The zero-order chi connectivity index (χ0) is 10.6. The van der Waals surface area contributed by atoms with Crippen LogP contribution < -0.4 is 5.32 Å². The minimum Gasteiger partial charge on any atom is -0.372 e. The molecule has 5 heteroatoms. The van der Waals surface area contributed by atoms with Crippen molar-refractivity contribution in [2.45, 2.75) is 19.4 Å². The number of nitrogens with zero attached hydrogens (tertiary/aromatic N) is 1. The number of carbonyl (C=O) groups excluding carboxylic acids is 2. The second-order valence-corrected chi connectivity index (χ2v) is 3.30. The van der Waals surface area contributed by atoms with E-state index in [0.717, 1.165) is 0 Å². The standard InChI is InChI=1S/C9H16N2O3/c1-7(14-2)9(13)11-5-3-8(12)10-4-6-11/h7H,3-6H2,1-2H3,(H,10,12). The van der Waals surface area contributed by atoms with Crippen LogP contribution in [0.5, 0.6) is 0 Å². The summed E-state index contributed by atoms with van der Waals surface area (Å²) in [4.78, 5) is 24.3. The monoisotopic (exact) mass is 200 g/mol. The Hall–Kier alpha value is -1.10. The van der Waals surface area contributed by atoms with Gasteiger partial charge in [0.05, 0.1) is 0 Å². The molecule has 2 amide bonds. The van der Waals surface area contributed by atoms with Gasteiger partial charge < -0.3 is 15.0 Å². The molecule has 1 rings (SSSR count). The lowest BCUT2D eigenvalue weighted by molar-refractivity contribution is -0.140. The molecular weight excluding hydrogens is 184 g/mol. The fourth-order valence-electron chi connectivity index (χ4n) is 1.35. The van der Waals surface area contributed by atoms with Crippen LogP contribution in [0.15, 0.2) is 0 Å². The fourth-order valence-corrected chi connectivity index (χ4v) is 1.35. The molecule has 1 aliphatic rings. The van der Waals surface area contributed by atoms with Gasteiger partial charge in [-0.25, -0.2) is 0 Å². The van der Waals surface area contributed by atoms with Gasteiger partial charge in [-0.15, -0.1) is 0 Å². The van der Waals surface area contributed by atoms with Crippen LogP contribution in [-0.4, -0.2) is 49.6 Å². The average molecular weight is 200 g/mol. The molecule has 1 atom stereocenters. The van der Waals surface area contributed by atoms with Gasteiger partial charge in [0.25, 0.3) is 5.91 Å². The van der Waals surface area contributed by atoms with Gasteiger partial charge in [-0.1, -0.05) is 0 Å². The second-order valence-electron chi connectivity index (χ2n) is 3.30. The highest BCUT2D eigenvalue weighted by molar-refractivity contribution is 5.82. The molecule has 1 fully saturated rings. The molecule has 1 N–H and O–H groups in total. The van der Waals surface area contributed by atoms with Gasteiger partial charge in [-0.3, -0.25) is 9.59 Å². The number of carbonyl (C=O) groups is 2. The molecule has 1 unspecified atom stereocenters. The molecule has 0 aromatic carbocycles. The fraction of sp³-hybridized carbons (Fsp3) is 0.778. The molecule has 0 aromatic heterocycles. The number of methoxy groups -OCH3 is 1. The summed E-state index contributed by atoms with van der Waals surface area (Å²) in [5, 5.41) is 2.71. The van der Waals surface area contributed by atoms with Crippen molar-refractivity contribution in [3.63, 3.8) is 0 Å². The van der Waals surface area contributed by atoms with E-state index >= 15 is 0 Å². The second kappa shape index (κ2) is 4.95. The Bertz CT molecular complexity index is 230. The molecule has 5 nitrogen and oxygen atoms in total. The largest absolute Gasteiger partial charge is 0.372 e. The van der Waals surface area contributed by atoms with E-state index in [4.69, 9.17) is 4.74 Å². The van der Waals surface area contributed by atoms with Gasteiger partial charge in [-0.05, 0) is 6.92 Å². The van der Waals surface area contributed by atoms with Crippen LogP contribution in [0.3, 0.4) is 0 Å². The molecule has 0 spiro atoms. The van der Waals surface area contributed by atoms with E-state index < -0.39 is 6.10 Å². The van der Waals surface area contributed by atoms with Crippen molar-refractivity contribution in [1.82, 2.24) is 10.2 Å². The summed E-state index contributed by atoms with van der Waals surface area (Å²) >= 11 is 0. The van der Waals surface area contributed by atoms with Gasteiger partial charge in [0.2, 0.25) is 5.91 Å². The molecule has 1 heterocycles. The summed E-state index contributed by atoms with van der Waals surface area (Å²) in [5.74, 6) is -0.0469. The van der Waals surface area contributed by atoms with Crippen molar-refractivity contribution in [3.05, 3.63) is 0 Å². The lowest BCUT2D eigenvalue weighted by atomic mass is 10.3. The van der Waals surface area contributed by atoms with E-state index in [2.05, 4.69) is 5.32 Å².